The Morgan fingerprint density at radius 1 is 0.746 bits per heavy atom. The minimum atomic E-state index is -1.23. The first-order valence-corrected chi connectivity index (χ1v) is 22.2. The number of amides is 1. The normalized spacial score (nSPS) is 21.4. The number of thiol groups is 1. The quantitative estimate of drug-likeness (QED) is 0.0498. The first-order chi connectivity index (χ1) is 29.4. The maximum atomic E-state index is 13.3. The van der Waals surface area contributed by atoms with E-state index in [0.29, 0.717) is 5.57 Å². The Morgan fingerprint density at radius 3 is 1.70 bits per heavy atom. The van der Waals surface area contributed by atoms with Crippen molar-refractivity contribution < 1.29 is 38.6 Å². The first-order valence-electron chi connectivity index (χ1n) is 21.6. The molecule has 2 rings (SSSR count). The minimum absolute atomic E-state index is 0.0143. The Hall–Kier alpha value is -5.13. The van der Waals surface area contributed by atoms with Gasteiger partial charge in [-0.25, -0.2) is 0 Å². The van der Waals surface area contributed by atoms with Crippen LogP contribution in [0.1, 0.15) is 115 Å². The third kappa shape index (κ3) is 17.9. The molecular weight excluding hydrogens is 813 g/mol. The van der Waals surface area contributed by atoms with Crippen molar-refractivity contribution in [2.75, 3.05) is 5.75 Å². The highest BCUT2D eigenvalue weighted by atomic mass is 32.1. The summed E-state index contributed by atoms with van der Waals surface area (Å²) in [6.45, 7) is 22.2. The molecule has 1 amide bonds. The van der Waals surface area contributed by atoms with Crippen LogP contribution in [0.4, 0.5) is 0 Å². The fraction of sp³-hybridized carbons (Fsp3) is 0.462. The fourth-order valence-corrected chi connectivity index (χ4v) is 7.91. The third-order valence-electron chi connectivity index (χ3n) is 11.3. The summed E-state index contributed by atoms with van der Waals surface area (Å²) in [4.78, 5) is 74.5. The Morgan fingerprint density at radius 2 is 1.21 bits per heavy atom. The zero-order chi connectivity index (χ0) is 47.7. The molecule has 10 nitrogen and oxygen atoms in total. The summed E-state index contributed by atoms with van der Waals surface area (Å²) in [6.07, 6.45) is 27.7. The second-order valence-corrected chi connectivity index (χ2v) is 18.4. The molecule has 4 atom stereocenters. The van der Waals surface area contributed by atoms with Crippen LogP contribution in [0.5, 0.6) is 0 Å². The molecule has 0 heterocycles. The van der Waals surface area contributed by atoms with Crippen LogP contribution < -0.4 is 11.1 Å². The van der Waals surface area contributed by atoms with Crippen LogP contribution in [0.3, 0.4) is 0 Å². The van der Waals surface area contributed by atoms with Crippen LogP contribution in [-0.4, -0.2) is 64.2 Å². The number of aliphatic carboxylic acids is 1. The number of allylic oxidation sites excluding steroid dienone is 21. The van der Waals surface area contributed by atoms with Gasteiger partial charge in [-0.1, -0.05) is 142 Å². The highest BCUT2D eigenvalue weighted by Gasteiger charge is 2.40. The predicted molar refractivity (Wildman–Crippen MR) is 257 cm³/mol. The molecule has 0 radical (unpaired) electrons. The van der Waals surface area contributed by atoms with Crippen LogP contribution in [0.2, 0.25) is 0 Å². The van der Waals surface area contributed by atoms with Crippen molar-refractivity contribution in [1.82, 2.24) is 5.32 Å². The number of Topliss-reactive ketones (excluding diaryl/α,β-unsaturated/α-hetero) is 3. The van der Waals surface area contributed by atoms with E-state index in [1.807, 2.05) is 109 Å². The lowest BCUT2D eigenvalue weighted by Gasteiger charge is -2.36. The van der Waals surface area contributed by atoms with Crippen molar-refractivity contribution in [2.45, 2.75) is 133 Å². The van der Waals surface area contributed by atoms with E-state index in [-0.39, 0.29) is 60.8 Å². The Balaban J connectivity index is 1.94. The molecule has 0 saturated carbocycles. The zero-order valence-electron chi connectivity index (χ0n) is 39.2. The maximum Gasteiger partial charge on any atom is 0.320 e. The molecule has 0 aromatic rings. The second-order valence-electron chi connectivity index (χ2n) is 18.0. The van der Waals surface area contributed by atoms with E-state index in [4.69, 9.17) is 15.6 Å². The Kier molecular flexibility index (Phi) is 21.6. The van der Waals surface area contributed by atoms with Gasteiger partial charge in [-0.3, -0.25) is 28.8 Å². The van der Waals surface area contributed by atoms with Crippen LogP contribution >= 0.6 is 12.6 Å². The lowest BCUT2D eigenvalue weighted by molar-refractivity contribution is -0.156. The summed E-state index contributed by atoms with van der Waals surface area (Å²) >= 11 is 4.13. The fourth-order valence-electron chi connectivity index (χ4n) is 7.61. The van der Waals surface area contributed by atoms with Gasteiger partial charge >= 0.3 is 11.9 Å². The summed E-state index contributed by atoms with van der Waals surface area (Å²) in [5, 5.41) is 11.4. The summed E-state index contributed by atoms with van der Waals surface area (Å²) in [5.41, 5.74) is 12.5. The van der Waals surface area contributed by atoms with E-state index in [1.54, 1.807) is 6.92 Å². The molecule has 0 saturated heterocycles. The molecule has 0 aromatic heterocycles. The number of carbonyl (C=O) groups is 6. The Labute approximate surface area is 381 Å². The monoisotopic (exact) mass is 882 g/mol. The molecular formula is C52H70N2O8S. The number of nitrogens with one attached hydrogen (secondary N) is 1. The summed E-state index contributed by atoms with van der Waals surface area (Å²) < 4.78 is 5.57. The average molecular weight is 883 g/mol. The van der Waals surface area contributed by atoms with Crippen molar-refractivity contribution in [1.29, 1.82) is 0 Å². The molecule has 0 bridgehead atoms. The molecule has 2 aliphatic carbocycles. The van der Waals surface area contributed by atoms with Crippen molar-refractivity contribution in [3.8, 4) is 0 Å². The molecule has 4 unspecified atom stereocenters. The summed E-state index contributed by atoms with van der Waals surface area (Å²) in [5.74, 6) is -2.90. The number of nitrogens with two attached hydrogens (primary N) is 1. The molecule has 11 heteroatoms. The zero-order valence-corrected chi connectivity index (χ0v) is 40.1. The van der Waals surface area contributed by atoms with Crippen molar-refractivity contribution in [3.05, 3.63) is 130 Å². The maximum absolute atomic E-state index is 13.3. The molecule has 0 aromatic carbocycles. The number of carboxylic acids is 1. The summed E-state index contributed by atoms with van der Waals surface area (Å²) in [6, 6.07) is -2.17. The van der Waals surface area contributed by atoms with E-state index in [1.165, 1.54) is 0 Å². The van der Waals surface area contributed by atoms with Gasteiger partial charge in [0.25, 0.3) is 0 Å². The number of rotatable bonds is 21. The molecule has 0 fully saturated rings. The van der Waals surface area contributed by atoms with E-state index in [0.717, 1.165) is 45.4 Å². The predicted octanol–water partition coefficient (Wildman–Crippen LogP) is 9.69. The van der Waals surface area contributed by atoms with Gasteiger partial charge in [0.05, 0.1) is 12.5 Å². The van der Waals surface area contributed by atoms with Crippen LogP contribution in [0.25, 0.3) is 0 Å². The highest BCUT2D eigenvalue weighted by Crippen LogP contribution is 2.42. The SMILES string of the molecule is CC1=C(/C=C/C(C)=C/C=C/C(C)=C/C=C/C=C(C)/C=C/C=C(C)/C=C/C2=C(C)C(=O)C(OC(=O)CCC(=O)C(CS)NC(=O)CCC(N)C(=O)O)CC2(C)C)C(C)(C)CC(C)C1=O. The van der Waals surface area contributed by atoms with E-state index < -0.39 is 47.2 Å². The number of carboxylic acid groups (broad SMARTS) is 1. The minimum Gasteiger partial charge on any atom is -0.480 e. The number of carbonyl (C=O) groups excluding carboxylic acids is 5. The van der Waals surface area contributed by atoms with E-state index in [2.05, 4.69) is 63.0 Å². The van der Waals surface area contributed by atoms with Crippen LogP contribution in [0.15, 0.2) is 130 Å². The summed E-state index contributed by atoms with van der Waals surface area (Å²) in [7, 11) is 0. The standard InChI is InChI=1S/C52H70N2O8S/c1-33(18-14-20-35(3)22-24-40-38(6)48(58)37(5)30-51(40,8)9)16-12-13-17-34(2)19-15-21-36(4)23-25-41-39(7)49(59)45(31-52(41,10)11)62-47(57)29-27-44(55)43(32-63)54-46(56)28-26-42(53)50(60)61/h12-25,37,42-43,45,63H,26-32,53H2,1-11H3,(H,54,56)(H,60,61)/b13-12+,18-14+,19-15+,24-22+,25-23+,33-16+,34-17+,35-20+,36-21+. The number of hydrogen-bond acceptors (Lipinski definition) is 9. The third-order valence-corrected chi connectivity index (χ3v) is 11.7. The molecule has 0 aliphatic heterocycles. The van der Waals surface area contributed by atoms with Gasteiger partial charge in [-0.2, -0.15) is 12.6 Å². The van der Waals surface area contributed by atoms with Gasteiger partial charge in [0.2, 0.25) is 5.91 Å². The highest BCUT2D eigenvalue weighted by molar-refractivity contribution is 7.80. The number of ether oxygens (including phenoxy) is 1. The lowest BCUT2D eigenvalue weighted by Crippen LogP contribution is -2.43. The van der Waals surface area contributed by atoms with Crippen molar-refractivity contribution in [2.24, 2.45) is 22.5 Å². The molecule has 63 heavy (non-hydrogen) atoms. The number of esters is 1. The second kappa shape index (κ2) is 25.2. The van der Waals surface area contributed by atoms with Gasteiger partial charge in [0, 0.05) is 30.9 Å². The topological polar surface area (TPSA) is 170 Å². The van der Waals surface area contributed by atoms with Gasteiger partial charge in [0.15, 0.2) is 23.5 Å². The van der Waals surface area contributed by atoms with Gasteiger partial charge in [-0.15, -0.1) is 0 Å². The van der Waals surface area contributed by atoms with Gasteiger partial charge in [0.1, 0.15) is 6.04 Å². The largest absolute Gasteiger partial charge is 0.480 e. The number of ketones is 3. The number of hydrogen-bond donors (Lipinski definition) is 4. The van der Waals surface area contributed by atoms with Crippen LogP contribution in [0, 0.1) is 16.7 Å². The van der Waals surface area contributed by atoms with E-state index >= 15 is 0 Å². The van der Waals surface area contributed by atoms with Crippen molar-refractivity contribution >= 4 is 47.8 Å². The first kappa shape index (κ1) is 54.0. The average Bonchev–Trinajstić information content (AvgIpc) is 3.20. The van der Waals surface area contributed by atoms with Gasteiger partial charge < -0.3 is 20.9 Å². The molecule has 2 aliphatic rings. The van der Waals surface area contributed by atoms with Crippen molar-refractivity contribution in [3.63, 3.8) is 0 Å². The van der Waals surface area contributed by atoms with Crippen LogP contribution in [-0.2, 0) is 33.5 Å². The lowest BCUT2D eigenvalue weighted by atomic mass is 9.68. The molecule has 342 valence electrons. The Bertz CT molecular complexity index is 2100. The van der Waals surface area contributed by atoms with Gasteiger partial charge in [-0.05, 0) is 87.5 Å². The smallest absolute Gasteiger partial charge is 0.320 e. The van der Waals surface area contributed by atoms with E-state index in [9.17, 15) is 28.8 Å². The molecule has 0 spiro atoms. The molecule has 4 N–H and O–H groups in total.